The van der Waals surface area contributed by atoms with Gasteiger partial charge < -0.3 is 20.5 Å². The monoisotopic (exact) mass is 372 g/mol. The lowest BCUT2D eigenvalue weighted by Gasteiger charge is -2.28. The highest BCUT2D eigenvalue weighted by atomic mass is 16.5. The van der Waals surface area contributed by atoms with Gasteiger partial charge in [0.2, 0.25) is 5.91 Å². The number of benzene rings is 1. The van der Waals surface area contributed by atoms with E-state index in [2.05, 4.69) is 10.4 Å². The first-order valence-corrected chi connectivity index (χ1v) is 8.68. The van der Waals surface area contributed by atoms with E-state index in [1.54, 1.807) is 12.3 Å². The summed E-state index contributed by atoms with van der Waals surface area (Å²) in [6.45, 7) is 5.86. The number of fused-ring (bicyclic) bond motifs is 1. The molecule has 2 heterocycles. The highest BCUT2D eigenvalue weighted by Crippen LogP contribution is 2.41. The van der Waals surface area contributed by atoms with E-state index in [-0.39, 0.29) is 24.0 Å². The average Bonchev–Trinajstić information content (AvgIpc) is 3.03. The Labute approximate surface area is 157 Å². The number of hydrogen-bond acceptors (Lipinski definition) is 5. The van der Waals surface area contributed by atoms with Gasteiger partial charge in [0, 0.05) is 17.9 Å². The molecule has 2 aromatic rings. The van der Waals surface area contributed by atoms with Gasteiger partial charge in [0.05, 0.1) is 18.8 Å². The summed E-state index contributed by atoms with van der Waals surface area (Å²) < 4.78 is 12.6. The van der Waals surface area contributed by atoms with Crippen LogP contribution in [0.15, 0.2) is 24.4 Å². The molecule has 144 valence electrons. The molecule has 1 aliphatic rings. The molecule has 1 aromatic heterocycles. The summed E-state index contributed by atoms with van der Waals surface area (Å²) in [5.74, 6) is 0.840. The normalized spacial score (nSPS) is 16.4. The largest absolute Gasteiger partial charge is 0.493 e. The van der Waals surface area contributed by atoms with Crippen LogP contribution in [0.5, 0.6) is 11.5 Å². The quantitative estimate of drug-likeness (QED) is 0.834. The molecule has 8 nitrogen and oxygen atoms in total. The topological polar surface area (TPSA) is 108 Å². The van der Waals surface area contributed by atoms with Crippen LogP contribution < -0.4 is 20.5 Å². The smallest absolute Gasteiger partial charge is 0.255 e. The molecule has 1 atom stereocenters. The highest BCUT2D eigenvalue weighted by Gasteiger charge is 2.33. The van der Waals surface area contributed by atoms with Gasteiger partial charge in [-0.2, -0.15) is 5.10 Å². The zero-order valence-corrected chi connectivity index (χ0v) is 15.9. The first-order chi connectivity index (χ1) is 12.7. The SMILES string of the molecule is COc1cc([C@H]2CC(=O)Nc3c2cnn3C(C)(C)C)ccc1OCC(N)=O. The predicted octanol–water partition coefficient (Wildman–Crippen LogP) is 1.98. The first-order valence-electron chi connectivity index (χ1n) is 8.68. The summed E-state index contributed by atoms with van der Waals surface area (Å²) >= 11 is 0. The van der Waals surface area contributed by atoms with Crippen LogP contribution in [0.25, 0.3) is 0 Å². The van der Waals surface area contributed by atoms with Gasteiger partial charge in [0.15, 0.2) is 18.1 Å². The van der Waals surface area contributed by atoms with Crippen molar-refractivity contribution in [1.29, 1.82) is 0 Å². The number of anilines is 1. The van der Waals surface area contributed by atoms with Gasteiger partial charge in [-0.15, -0.1) is 0 Å². The van der Waals surface area contributed by atoms with Crippen molar-refractivity contribution in [1.82, 2.24) is 9.78 Å². The fourth-order valence-electron chi connectivity index (χ4n) is 3.19. The lowest BCUT2D eigenvalue weighted by Crippen LogP contribution is -2.30. The molecule has 0 bridgehead atoms. The minimum Gasteiger partial charge on any atom is -0.493 e. The summed E-state index contributed by atoms with van der Waals surface area (Å²) in [5, 5.41) is 7.42. The molecule has 0 saturated heterocycles. The maximum atomic E-state index is 12.3. The lowest BCUT2D eigenvalue weighted by atomic mass is 9.87. The number of nitrogens with one attached hydrogen (secondary N) is 1. The van der Waals surface area contributed by atoms with Crippen molar-refractivity contribution in [2.75, 3.05) is 19.0 Å². The zero-order valence-electron chi connectivity index (χ0n) is 15.9. The number of nitrogens with two attached hydrogens (primary N) is 1. The fourth-order valence-corrected chi connectivity index (χ4v) is 3.19. The van der Waals surface area contributed by atoms with Crippen molar-refractivity contribution in [2.24, 2.45) is 5.73 Å². The van der Waals surface area contributed by atoms with Crippen LogP contribution >= 0.6 is 0 Å². The predicted molar refractivity (Wildman–Crippen MR) is 100.0 cm³/mol. The molecule has 0 aliphatic carbocycles. The number of nitrogens with zero attached hydrogens (tertiary/aromatic N) is 2. The van der Waals surface area contributed by atoms with Crippen molar-refractivity contribution in [3.63, 3.8) is 0 Å². The van der Waals surface area contributed by atoms with Gasteiger partial charge in [-0.25, -0.2) is 4.68 Å². The van der Waals surface area contributed by atoms with Crippen molar-refractivity contribution >= 4 is 17.6 Å². The van der Waals surface area contributed by atoms with Crippen LogP contribution in [0.3, 0.4) is 0 Å². The van der Waals surface area contributed by atoms with E-state index >= 15 is 0 Å². The molecular weight excluding hydrogens is 348 g/mol. The van der Waals surface area contributed by atoms with Crippen molar-refractivity contribution < 1.29 is 19.1 Å². The van der Waals surface area contributed by atoms with Crippen molar-refractivity contribution in [2.45, 2.75) is 38.6 Å². The average molecular weight is 372 g/mol. The van der Waals surface area contributed by atoms with Gasteiger partial charge in [-0.1, -0.05) is 6.07 Å². The number of primary amides is 1. The Bertz CT molecular complexity index is 882. The molecule has 2 amide bonds. The van der Waals surface area contributed by atoms with Crippen LogP contribution in [-0.4, -0.2) is 35.3 Å². The molecule has 3 rings (SSSR count). The number of rotatable bonds is 5. The second kappa shape index (κ2) is 6.94. The molecule has 1 aromatic carbocycles. The Balaban J connectivity index is 1.99. The number of methoxy groups -OCH3 is 1. The Morgan fingerprint density at radius 1 is 1.37 bits per heavy atom. The molecule has 8 heteroatoms. The van der Waals surface area contributed by atoms with E-state index in [1.807, 2.05) is 37.6 Å². The van der Waals surface area contributed by atoms with E-state index in [0.717, 1.165) is 16.9 Å². The molecular formula is C19H24N4O4. The third-order valence-corrected chi connectivity index (χ3v) is 4.42. The van der Waals surface area contributed by atoms with Crippen molar-refractivity contribution in [3.05, 3.63) is 35.5 Å². The second-order valence-electron chi connectivity index (χ2n) is 7.50. The van der Waals surface area contributed by atoms with E-state index in [9.17, 15) is 9.59 Å². The minimum absolute atomic E-state index is 0.0634. The fraction of sp³-hybridized carbons (Fsp3) is 0.421. The lowest BCUT2D eigenvalue weighted by molar-refractivity contribution is -0.120. The Morgan fingerprint density at radius 3 is 2.74 bits per heavy atom. The van der Waals surface area contributed by atoms with Gasteiger partial charge in [0.1, 0.15) is 5.82 Å². The van der Waals surface area contributed by atoms with Crippen LogP contribution in [-0.2, 0) is 15.1 Å². The van der Waals surface area contributed by atoms with Crippen LogP contribution in [0.2, 0.25) is 0 Å². The summed E-state index contributed by atoms with van der Waals surface area (Å²) in [4.78, 5) is 23.3. The third-order valence-electron chi connectivity index (χ3n) is 4.42. The van der Waals surface area contributed by atoms with Gasteiger partial charge in [-0.05, 0) is 38.5 Å². The van der Waals surface area contributed by atoms with Gasteiger partial charge in [-0.3, -0.25) is 9.59 Å². The standard InChI is InChI=1S/C19H24N4O4/c1-19(2,3)23-18-13(9-21-23)12(8-17(25)22-18)11-5-6-14(15(7-11)26-4)27-10-16(20)24/h5-7,9,12H,8,10H2,1-4H3,(H2,20,24)(H,22,25)/t12-/m1/s1. The molecule has 0 fully saturated rings. The number of carbonyl (C=O) groups excluding carboxylic acids is 2. The number of hydrogen-bond donors (Lipinski definition) is 2. The summed E-state index contributed by atoms with van der Waals surface area (Å²) in [7, 11) is 1.52. The highest BCUT2D eigenvalue weighted by molar-refractivity contribution is 5.94. The molecule has 0 spiro atoms. The molecule has 0 unspecified atom stereocenters. The minimum atomic E-state index is -0.565. The third kappa shape index (κ3) is 3.74. The summed E-state index contributed by atoms with van der Waals surface area (Å²) in [6.07, 6.45) is 2.11. The number of aromatic nitrogens is 2. The Morgan fingerprint density at radius 2 is 2.11 bits per heavy atom. The van der Waals surface area contributed by atoms with Crippen LogP contribution in [0, 0.1) is 0 Å². The molecule has 27 heavy (non-hydrogen) atoms. The van der Waals surface area contributed by atoms with Crippen LogP contribution in [0.4, 0.5) is 5.82 Å². The maximum absolute atomic E-state index is 12.3. The zero-order chi connectivity index (χ0) is 19.8. The Kier molecular flexibility index (Phi) is 4.82. The van der Waals surface area contributed by atoms with Gasteiger partial charge >= 0.3 is 0 Å². The molecule has 3 N–H and O–H groups in total. The Hall–Kier alpha value is -3.03. The van der Waals surface area contributed by atoms with E-state index < -0.39 is 5.91 Å². The number of carbonyl (C=O) groups is 2. The first kappa shape index (κ1) is 18.8. The number of amides is 2. The van der Waals surface area contributed by atoms with Crippen LogP contribution in [0.1, 0.15) is 44.2 Å². The summed E-state index contributed by atoms with van der Waals surface area (Å²) in [6, 6.07) is 5.40. The molecule has 1 aliphatic heterocycles. The van der Waals surface area contributed by atoms with E-state index in [4.69, 9.17) is 15.2 Å². The van der Waals surface area contributed by atoms with E-state index in [1.165, 1.54) is 7.11 Å². The summed E-state index contributed by atoms with van der Waals surface area (Å²) in [5.41, 5.74) is 6.73. The maximum Gasteiger partial charge on any atom is 0.255 e. The number of ether oxygens (including phenoxy) is 2. The van der Waals surface area contributed by atoms with E-state index in [0.29, 0.717) is 17.9 Å². The second-order valence-corrected chi connectivity index (χ2v) is 7.50. The van der Waals surface area contributed by atoms with Gasteiger partial charge in [0.25, 0.3) is 5.91 Å². The molecule has 0 radical (unpaired) electrons. The molecule has 0 saturated carbocycles. The van der Waals surface area contributed by atoms with Crippen molar-refractivity contribution in [3.8, 4) is 11.5 Å².